The van der Waals surface area contributed by atoms with Gasteiger partial charge >= 0.3 is 0 Å². The Hall–Kier alpha value is -1.13. The van der Waals surface area contributed by atoms with Crippen molar-refractivity contribution in [2.75, 3.05) is 11.4 Å². The summed E-state index contributed by atoms with van der Waals surface area (Å²) >= 11 is 0. The highest BCUT2D eigenvalue weighted by Crippen LogP contribution is 2.32. The zero-order valence-corrected chi connectivity index (χ0v) is 12.2. The molecule has 20 heavy (non-hydrogen) atoms. The maximum Gasteiger partial charge on any atom is 0.230 e. The third kappa shape index (κ3) is 2.81. The van der Waals surface area contributed by atoms with Crippen molar-refractivity contribution in [1.29, 1.82) is 0 Å². The lowest BCUT2D eigenvalue weighted by Gasteiger charge is -2.31. The van der Waals surface area contributed by atoms with E-state index in [2.05, 4.69) is 0 Å². The summed E-state index contributed by atoms with van der Waals surface area (Å²) < 4.78 is 13.3. The van der Waals surface area contributed by atoms with Crippen LogP contribution in [0.4, 0.5) is 10.1 Å². The Balaban J connectivity index is 0.00000147. The zero-order chi connectivity index (χ0) is 13.4. The Labute approximate surface area is 124 Å². The molecule has 1 aliphatic heterocycles. The third-order valence-corrected chi connectivity index (χ3v) is 4.25. The first kappa shape index (κ1) is 15.3. The van der Waals surface area contributed by atoms with Crippen LogP contribution in [0.5, 0.6) is 0 Å². The number of carbonyl (C=O) groups is 1. The van der Waals surface area contributed by atoms with Crippen LogP contribution in [-0.2, 0) is 11.2 Å². The van der Waals surface area contributed by atoms with E-state index in [1.807, 2.05) is 4.90 Å². The van der Waals surface area contributed by atoms with Gasteiger partial charge in [-0.25, -0.2) is 4.39 Å². The fraction of sp³-hybridized carbons (Fsp3) is 0.533. The molecule has 3 nitrogen and oxygen atoms in total. The minimum absolute atomic E-state index is 0. The summed E-state index contributed by atoms with van der Waals surface area (Å²) in [7, 11) is 0. The highest BCUT2D eigenvalue weighted by molar-refractivity contribution is 5.96. The molecule has 0 aromatic heterocycles. The summed E-state index contributed by atoms with van der Waals surface area (Å²) in [6.45, 7) is 0.739. The van der Waals surface area contributed by atoms with E-state index in [4.69, 9.17) is 5.73 Å². The molecule has 0 bridgehead atoms. The predicted molar refractivity (Wildman–Crippen MR) is 79.6 cm³/mol. The molecule has 1 fully saturated rings. The Morgan fingerprint density at radius 2 is 2.15 bits per heavy atom. The molecule has 1 aliphatic carbocycles. The minimum Gasteiger partial charge on any atom is -0.328 e. The number of hydrogen-bond donors (Lipinski definition) is 1. The molecule has 1 saturated carbocycles. The van der Waals surface area contributed by atoms with Crippen molar-refractivity contribution in [3.05, 3.63) is 29.6 Å². The molecule has 110 valence electrons. The molecule has 2 aliphatic rings. The molecule has 1 aromatic rings. The fourth-order valence-corrected chi connectivity index (χ4v) is 3.26. The number of rotatable bonds is 1. The zero-order valence-electron chi connectivity index (χ0n) is 11.3. The summed E-state index contributed by atoms with van der Waals surface area (Å²) in [5, 5.41) is 0. The van der Waals surface area contributed by atoms with E-state index >= 15 is 0 Å². The van der Waals surface area contributed by atoms with Gasteiger partial charge in [0.15, 0.2) is 0 Å². The van der Waals surface area contributed by atoms with E-state index in [1.54, 1.807) is 12.1 Å². The number of fused-ring (bicyclic) bond motifs is 1. The largest absolute Gasteiger partial charge is 0.328 e. The lowest BCUT2D eigenvalue weighted by molar-refractivity contribution is -0.122. The van der Waals surface area contributed by atoms with E-state index in [1.165, 1.54) is 6.07 Å². The molecular weight excluding hydrogens is 279 g/mol. The van der Waals surface area contributed by atoms with Gasteiger partial charge in [-0.05, 0) is 55.9 Å². The summed E-state index contributed by atoms with van der Waals surface area (Å²) in [5.74, 6) is -0.0116. The monoisotopic (exact) mass is 298 g/mol. The number of halogens is 2. The maximum atomic E-state index is 13.3. The van der Waals surface area contributed by atoms with E-state index in [0.717, 1.165) is 49.9 Å². The van der Waals surface area contributed by atoms with Crippen molar-refractivity contribution >= 4 is 24.0 Å². The van der Waals surface area contributed by atoms with Gasteiger partial charge in [-0.15, -0.1) is 12.4 Å². The van der Waals surface area contributed by atoms with Crippen LogP contribution in [0.1, 0.15) is 31.2 Å². The van der Waals surface area contributed by atoms with Gasteiger partial charge in [0.1, 0.15) is 5.82 Å². The molecule has 2 unspecified atom stereocenters. The highest BCUT2D eigenvalue weighted by atomic mass is 35.5. The van der Waals surface area contributed by atoms with Gasteiger partial charge in [0.2, 0.25) is 5.91 Å². The third-order valence-electron chi connectivity index (χ3n) is 4.25. The van der Waals surface area contributed by atoms with Crippen LogP contribution >= 0.6 is 12.4 Å². The van der Waals surface area contributed by atoms with Gasteiger partial charge in [-0.3, -0.25) is 4.79 Å². The van der Waals surface area contributed by atoms with Gasteiger partial charge in [-0.1, -0.05) is 0 Å². The van der Waals surface area contributed by atoms with Gasteiger partial charge in [0.05, 0.1) is 0 Å². The minimum atomic E-state index is -0.226. The number of benzene rings is 1. The lowest BCUT2D eigenvalue weighted by atomic mass is 9.98. The number of carbonyl (C=O) groups excluding carboxylic acids is 1. The fourth-order valence-electron chi connectivity index (χ4n) is 3.26. The van der Waals surface area contributed by atoms with Crippen LogP contribution in [0.25, 0.3) is 0 Å². The average molecular weight is 299 g/mol. The van der Waals surface area contributed by atoms with Crippen molar-refractivity contribution < 1.29 is 9.18 Å². The number of nitrogens with two attached hydrogens (primary N) is 1. The molecular formula is C15H20ClFN2O. The van der Waals surface area contributed by atoms with E-state index < -0.39 is 0 Å². The Morgan fingerprint density at radius 1 is 1.35 bits per heavy atom. The number of aryl methyl sites for hydroxylation is 1. The van der Waals surface area contributed by atoms with Crippen LogP contribution in [0.3, 0.4) is 0 Å². The Morgan fingerprint density at radius 3 is 2.85 bits per heavy atom. The van der Waals surface area contributed by atoms with Crippen LogP contribution in [-0.4, -0.2) is 18.5 Å². The molecule has 5 heteroatoms. The molecule has 1 amide bonds. The molecule has 3 rings (SSSR count). The SMILES string of the molecule is Cl.NC1CCC(C(=O)N2CCCc3cc(F)ccc32)C1. The smallest absolute Gasteiger partial charge is 0.230 e. The second kappa shape index (κ2) is 6.10. The van der Waals surface area contributed by atoms with Crippen molar-refractivity contribution in [2.24, 2.45) is 11.7 Å². The first-order valence-electron chi connectivity index (χ1n) is 7.00. The predicted octanol–water partition coefficient (Wildman–Crippen LogP) is 2.65. The van der Waals surface area contributed by atoms with E-state index in [9.17, 15) is 9.18 Å². The van der Waals surface area contributed by atoms with Crippen molar-refractivity contribution in [2.45, 2.75) is 38.1 Å². The normalized spacial score (nSPS) is 25.0. The molecule has 2 atom stereocenters. The van der Waals surface area contributed by atoms with Crippen molar-refractivity contribution in [3.8, 4) is 0 Å². The Kier molecular flexibility index (Phi) is 4.66. The van der Waals surface area contributed by atoms with Crippen LogP contribution in [0.2, 0.25) is 0 Å². The number of nitrogens with zero attached hydrogens (tertiary/aromatic N) is 1. The average Bonchev–Trinajstić information content (AvgIpc) is 2.83. The second-order valence-electron chi connectivity index (χ2n) is 5.64. The summed E-state index contributed by atoms with van der Waals surface area (Å²) in [6.07, 6.45) is 4.35. The molecule has 1 heterocycles. The van der Waals surface area contributed by atoms with Crippen LogP contribution in [0, 0.1) is 11.7 Å². The lowest BCUT2D eigenvalue weighted by Crippen LogP contribution is -2.39. The first-order valence-corrected chi connectivity index (χ1v) is 7.00. The quantitative estimate of drug-likeness (QED) is 0.866. The highest BCUT2D eigenvalue weighted by Gasteiger charge is 2.33. The van der Waals surface area contributed by atoms with Gasteiger partial charge in [0, 0.05) is 24.2 Å². The summed E-state index contributed by atoms with van der Waals surface area (Å²) in [6, 6.07) is 4.88. The molecule has 0 radical (unpaired) electrons. The van der Waals surface area contributed by atoms with E-state index in [0.29, 0.717) is 0 Å². The van der Waals surface area contributed by atoms with Crippen molar-refractivity contribution in [1.82, 2.24) is 0 Å². The van der Waals surface area contributed by atoms with Crippen LogP contribution < -0.4 is 10.6 Å². The molecule has 0 saturated heterocycles. The van der Waals surface area contributed by atoms with E-state index in [-0.39, 0.29) is 36.1 Å². The number of anilines is 1. The molecule has 0 spiro atoms. The summed E-state index contributed by atoms with van der Waals surface area (Å²) in [5.41, 5.74) is 7.72. The summed E-state index contributed by atoms with van der Waals surface area (Å²) in [4.78, 5) is 14.4. The number of hydrogen-bond acceptors (Lipinski definition) is 2. The van der Waals surface area contributed by atoms with Gasteiger partial charge in [-0.2, -0.15) is 0 Å². The molecule has 2 N–H and O–H groups in total. The standard InChI is InChI=1S/C15H19FN2O.ClH/c16-12-4-6-14-10(8-12)2-1-7-18(14)15(19)11-3-5-13(17)9-11;/h4,6,8,11,13H,1-3,5,7,9,17H2;1H. The van der Waals surface area contributed by atoms with Gasteiger partial charge < -0.3 is 10.6 Å². The number of amides is 1. The Bertz CT molecular complexity index is 509. The first-order chi connectivity index (χ1) is 9.15. The topological polar surface area (TPSA) is 46.3 Å². The second-order valence-corrected chi connectivity index (χ2v) is 5.64. The van der Waals surface area contributed by atoms with Crippen LogP contribution in [0.15, 0.2) is 18.2 Å². The maximum absolute atomic E-state index is 13.3. The molecule has 1 aromatic carbocycles. The van der Waals surface area contributed by atoms with Gasteiger partial charge in [0.25, 0.3) is 0 Å². The van der Waals surface area contributed by atoms with Crippen molar-refractivity contribution in [3.63, 3.8) is 0 Å².